The van der Waals surface area contributed by atoms with Crippen molar-refractivity contribution < 1.29 is 13.2 Å². The fourth-order valence-corrected chi connectivity index (χ4v) is 2.36. The Labute approximate surface area is 116 Å². The van der Waals surface area contributed by atoms with Gasteiger partial charge >= 0.3 is 6.18 Å². The number of aromatic nitrogens is 1. The van der Waals surface area contributed by atoms with Gasteiger partial charge in [0, 0.05) is 20.1 Å². The fourth-order valence-electron chi connectivity index (χ4n) is 2.36. The highest BCUT2D eigenvalue weighted by atomic mass is 19.4. The zero-order valence-corrected chi connectivity index (χ0v) is 11.5. The van der Waals surface area contributed by atoms with Gasteiger partial charge in [0.05, 0.1) is 17.6 Å². The molecule has 2 heterocycles. The normalized spacial score (nSPS) is 16.6. The number of halogens is 3. The Morgan fingerprint density at radius 1 is 1.35 bits per heavy atom. The van der Waals surface area contributed by atoms with Gasteiger partial charge in [0.15, 0.2) is 0 Å². The molecule has 0 saturated carbocycles. The van der Waals surface area contributed by atoms with E-state index in [-0.39, 0.29) is 5.69 Å². The summed E-state index contributed by atoms with van der Waals surface area (Å²) in [7, 11) is 1.75. The van der Waals surface area contributed by atoms with Crippen LogP contribution in [0, 0.1) is 0 Å². The lowest BCUT2D eigenvalue weighted by Gasteiger charge is -2.24. The maximum atomic E-state index is 12.7. The van der Waals surface area contributed by atoms with Gasteiger partial charge < -0.3 is 15.5 Å². The number of rotatable bonds is 4. The predicted octanol–water partition coefficient (Wildman–Crippen LogP) is 2.21. The highest BCUT2D eigenvalue weighted by Crippen LogP contribution is 2.32. The van der Waals surface area contributed by atoms with Gasteiger partial charge in [-0.15, -0.1) is 0 Å². The van der Waals surface area contributed by atoms with E-state index in [1.54, 1.807) is 11.9 Å². The molecule has 0 spiro atoms. The van der Waals surface area contributed by atoms with Gasteiger partial charge in [0.25, 0.3) is 0 Å². The van der Waals surface area contributed by atoms with Crippen LogP contribution in [-0.4, -0.2) is 43.1 Å². The maximum Gasteiger partial charge on any atom is 0.433 e. The smallest absolute Gasteiger partial charge is 0.396 e. The molecule has 1 fully saturated rings. The molecule has 1 aromatic heterocycles. The number of hydrogen-bond acceptors (Lipinski definition) is 4. The maximum absolute atomic E-state index is 12.7. The first-order valence-electron chi connectivity index (χ1n) is 6.64. The van der Waals surface area contributed by atoms with E-state index in [4.69, 9.17) is 5.73 Å². The zero-order valence-electron chi connectivity index (χ0n) is 11.5. The molecule has 1 aliphatic rings. The summed E-state index contributed by atoms with van der Waals surface area (Å²) >= 11 is 0. The van der Waals surface area contributed by atoms with E-state index in [1.165, 1.54) is 12.8 Å². The Kier molecular flexibility index (Phi) is 4.37. The molecule has 112 valence electrons. The van der Waals surface area contributed by atoms with Crippen LogP contribution in [-0.2, 0) is 6.18 Å². The number of nitrogens with two attached hydrogens (primary N) is 1. The average Bonchev–Trinajstić information content (AvgIpc) is 2.88. The second kappa shape index (κ2) is 5.87. The lowest BCUT2D eigenvalue weighted by molar-refractivity contribution is -0.141. The first-order valence-corrected chi connectivity index (χ1v) is 6.64. The van der Waals surface area contributed by atoms with Crippen molar-refractivity contribution in [3.8, 4) is 0 Å². The van der Waals surface area contributed by atoms with E-state index in [0.717, 1.165) is 31.9 Å². The van der Waals surface area contributed by atoms with Crippen LogP contribution in [0.1, 0.15) is 18.5 Å². The molecule has 2 N–H and O–H groups in total. The summed E-state index contributed by atoms with van der Waals surface area (Å²) in [6, 6.07) is 1.01. The van der Waals surface area contributed by atoms with Crippen molar-refractivity contribution in [2.24, 2.45) is 0 Å². The molecule has 0 unspecified atom stereocenters. The van der Waals surface area contributed by atoms with Crippen molar-refractivity contribution in [2.75, 3.05) is 43.9 Å². The van der Waals surface area contributed by atoms with E-state index in [1.807, 2.05) is 0 Å². The third kappa shape index (κ3) is 3.53. The summed E-state index contributed by atoms with van der Waals surface area (Å²) in [5.74, 6) is 0. The van der Waals surface area contributed by atoms with Crippen LogP contribution in [0.2, 0.25) is 0 Å². The highest BCUT2D eigenvalue weighted by Gasteiger charge is 2.33. The van der Waals surface area contributed by atoms with E-state index in [9.17, 15) is 13.2 Å². The minimum Gasteiger partial charge on any atom is -0.396 e. The summed E-state index contributed by atoms with van der Waals surface area (Å²) in [4.78, 5) is 7.40. The molecule has 0 radical (unpaired) electrons. The van der Waals surface area contributed by atoms with Gasteiger partial charge in [-0.2, -0.15) is 13.2 Å². The largest absolute Gasteiger partial charge is 0.433 e. The van der Waals surface area contributed by atoms with Crippen LogP contribution in [0.5, 0.6) is 0 Å². The van der Waals surface area contributed by atoms with Crippen LogP contribution in [0.15, 0.2) is 12.3 Å². The molecule has 1 aromatic rings. The highest BCUT2D eigenvalue weighted by molar-refractivity contribution is 5.66. The number of likely N-dealkylation sites (N-methyl/N-ethyl adjacent to an activating group) is 1. The molecule has 20 heavy (non-hydrogen) atoms. The Balaban J connectivity index is 2.05. The van der Waals surface area contributed by atoms with Crippen molar-refractivity contribution >= 4 is 11.4 Å². The minimum absolute atomic E-state index is 0.266. The summed E-state index contributed by atoms with van der Waals surface area (Å²) in [5.41, 5.74) is 5.47. The first kappa shape index (κ1) is 14.9. The summed E-state index contributed by atoms with van der Waals surface area (Å²) in [6.07, 6.45) is -0.985. The molecule has 2 rings (SSSR count). The van der Waals surface area contributed by atoms with Crippen molar-refractivity contribution in [2.45, 2.75) is 19.0 Å². The number of nitrogens with zero attached hydrogens (tertiary/aromatic N) is 3. The Hall–Kier alpha value is -1.50. The number of likely N-dealkylation sites (tertiary alicyclic amines) is 1. The standard InChI is InChI=1S/C13H19F3N4/c1-19(6-7-20-4-2-3-5-20)11-8-12(13(14,15)16)18-9-10(11)17/h8-9H,2-7,17H2,1H3. The van der Waals surface area contributed by atoms with Crippen molar-refractivity contribution in [1.29, 1.82) is 0 Å². The molecule has 7 heteroatoms. The van der Waals surface area contributed by atoms with Gasteiger partial charge in [0.2, 0.25) is 0 Å². The summed E-state index contributed by atoms with van der Waals surface area (Å²) in [6.45, 7) is 3.60. The third-order valence-corrected chi connectivity index (χ3v) is 3.56. The van der Waals surface area contributed by atoms with Crippen LogP contribution < -0.4 is 10.6 Å². The van der Waals surface area contributed by atoms with E-state index in [2.05, 4.69) is 9.88 Å². The zero-order chi connectivity index (χ0) is 14.8. The van der Waals surface area contributed by atoms with Gasteiger partial charge in [-0.3, -0.25) is 0 Å². The molecular weight excluding hydrogens is 269 g/mol. The molecule has 0 aliphatic carbocycles. The number of hydrogen-bond donors (Lipinski definition) is 1. The van der Waals surface area contributed by atoms with Crippen LogP contribution in [0.25, 0.3) is 0 Å². The number of pyridine rings is 1. The van der Waals surface area contributed by atoms with E-state index < -0.39 is 11.9 Å². The quantitative estimate of drug-likeness (QED) is 0.922. The monoisotopic (exact) mass is 288 g/mol. The molecule has 1 aliphatic heterocycles. The topological polar surface area (TPSA) is 45.4 Å². The number of anilines is 2. The number of alkyl halides is 3. The Bertz CT molecular complexity index is 455. The Morgan fingerprint density at radius 3 is 2.60 bits per heavy atom. The summed E-state index contributed by atoms with van der Waals surface area (Å²) in [5, 5.41) is 0. The van der Waals surface area contributed by atoms with Crippen LogP contribution in [0.3, 0.4) is 0 Å². The SMILES string of the molecule is CN(CCN1CCCC1)c1cc(C(F)(F)F)ncc1N. The minimum atomic E-state index is -4.45. The fraction of sp³-hybridized carbons (Fsp3) is 0.615. The first-order chi connectivity index (χ1) is 9.38. The molecule has 0 amide bonds. The lowest BCUT2D eigenvalue weighted by atomic mass is 10.2. The predicted molar refractivity (Wildman–Crippen MR) is 72.6 cm³/mol. The molecule has 0 aromatic carbocycles. The average molecular weight is 288 g/mol. The van der Waals surface area contributed by atoms with Crippen molar-refractivity contribution in [3.05, 3.63) is 18.0 Å². The van der Waals surface area contributed by atoms with Crippen LogP contribution >= 0.6 is 0 Å². The van der Waals surface area contributed by atoms with Crippen LogP contribution in [0.4, 0.5) is 24.5 Å². The molecule has 4 nitrogen and oxygen atoms in total. The van der Waals surface area contributed by atoms with Crippen molar-refractivity contribution in [3.63, 3.8) is 0 Å². The van der Waals surface area contributed by atoms with Gasteiger partial charge in [-0.05, 0) is 32.0 Å². The third-order valence-electron chi connectivity index (χ3n) is 3.56. The lowest BCUT2D eigenvalue weighted by Crippen LogP contribution is -2.32. The van der Waals surface area contributed by atoms with Gasteiger partial charge in [0.1, 0.15) is 5.69 Å². The van der Waals surface area contributed by atoms with Gasteiger partial charge in [-0.25, -0.2) is 4.98 Å². The molecule has 1 saturated heterocycles. The second-order valence-corrected chi connectivity index (χ2v) is 5.10. The van der Waals surface area contributed by atoms with Gasteiger partial charge in [-0.1, -0.05) is 0 Å². The molecule has 0 atom stereocenters. The molecule has 0 bridgehead atoms. The Morgan fingerprint density at radius 2 is 2.00 bits per heavy atom. The van der Waals surface area contributed by atoms with Crippen molar-refractivity contribution in [1.82, 2.24) is 9.88 Å². The second-order valence-electron chi connectivity index (χ2n) is 5.10. The molecular formula is C13H19F3N4. The van der Waals surface area contributed by atoms with E-state index in [0.29, 0.717) is 12.2 Å². The number of nitrogen functional groups attached to an aromatic ring is 1. The van der Waals surface area contributed by atoms with E-state index >= 15 is 0 Å². The summed E-state index contributed by atoms with van der Waals surface area (Å²) < 4.78 is 38.0.